The molecule has 1 amide bonds. The van der Waals surface area contributed by atoms with E-state index in [9.17, 15) is 4.79 Å². The van der Waals surface area contributed by atoms with Crippen molar-refractivity contribution in [1.29, 1.82) is 0 Å². The second-order valence-electron chi connectivity index (χ2n) is 5.80. The number of carbonyl (C=O) groups is 1. The maximum Gasteiger partial charge on any atom is 0.254 e. The van der Waals surface area contributed by atoms with Crippen molar-refractivity contribution in [1.82, 2.24) is 4.90 Å². The predicted molar refractivity (Wildman–Crippen MR) is 87.5 cm³/mol. The van der Waals surface area contributed by atoms with Crippen molar-refractivity contribution in [3.05, 3.63) is 33.8 Å². The lowest BCUT2D eigenvalue weighted by Crippen LogP contribution is -2.55. The Hall–Kier alpha value is -0.390. The first-order valence-corrected chi connectivity index (χ1v) is 8.53. The predicted octanol–water partition coefficient (Wildman–Crippen LogP) is 3.77. The zero-order valence-corrected chi connectivity index (χ0v) is 15.1. The molecular weight excluding hydrogens is 386 g/mol. The van der Waals surface area contributed by atoms with Crippen molar-refractivity contribution in [2.24, 2.45) is 0 Å². The van der Waals surface area contributed by atoms with Crippen molar-refractivity contribution >= 4 is 37.8 Å². The number of nitrogens with zero attached hydrogens (tertiary/aromatic N) is 1. The number of ether oxygens (including phenoxy) is 1. The van der Waals surface area contributed by atoms with Gasteiger partial charge in [-0.15, -0.1) is 0 Å². The van der Waals surface area contributed by atoms with Gasteiger partial charge >= 0.3 is 0 Å². The number of morpholine rings is 1. The molecule has 0 radical (unpaired) electrons. The van der Waals surface area contributed by atoms with E-state index in [2.05, 4.69) is 31.9 Å². The minimum Gasteiger partial charge on any atom is -0.368 e. The zero-order chi connectivity index (χ0) is 14.9. The molecule has 1 unspecified atom stereocenters. The van der Waals surface area contributed by atoms with Crippen LogP contribution in [0.3, 0.4) is 0 Å². The van der Waals surface area contributed by atoms with Crippen LogP contribution in [0, 0.1) is 6.92 Å². The molecule has 0 saturated carbocycles. The highest BCUT2D eigenvalue weighted by molar-refractivity contribution is 9.10. The fourth-order valence-corrected chi connectivity index (χ4v) is 3.22. The second-order valence-corrected chi connectivity index (χ2v) is 7.36. The summed E-state index contributed by atoms with van der Waals surface area (Å²) in [5.74, 6) is 0.0751. The lowest BCUT2D eigenvalue weighted by Gasteiger charge is -2.42. The van der Waals surface area contributed by atoms with Crippen LogP contribution in [0.4, 0.5) is 0 Å². The summed E-state index contributed by atoms with van der Waals surface area (Å²) in [5.41, 5.74) is 1.44. The van der Waals surface area contributed by atoms with E-state index < -0.39 is 0 Å². The van der Waals surface area contributed by atoms with Crippen LogP contribution in [-0.4, -0.2) is 40.9 Å². The molecule has 1 aromatic carbocycles. The molecule has 1 aromatic rings. The highest BCUT2D eigenvalue weighted by Gasteiger charge is 2.35. The minimum atomic E-state index is -0.313. The first kappa shape index (κ1) is 16.0. The topological polar surface area (TPSA) is 29.5 Å². The number of benzene rings is 1. The molecule has 3 nitrogen and oxygen atoms in total. The van der Waals surface area contributed by atoms with Gasteiger partial charge in [-0.1, -0.05) is 37.9 Å². The standard InChI is InChI=1S/C15H19Br2NO2/c1-10-4-5-11(17)6-13(10)14(19)18-8-12(7-16)20-15(2,3)9-18/h4-6,12H,7-9H2,1-3H3. The van der Waals surface area contributed by atoms with Crippen LogP contribution in [-0.2, 0) is 4.74 Å². The van der Waals surface area contributed by atoms with Crippen LogP contribution in [0.1, 0.15) is 29.8 Å². The molecule has 1 aliphatic heterocycles. The number of carbonyl (C=O) groups excluding carboxylic acids is 1. The van der Waals surface area contributed by atoms with Gasteiger partial charge < -0.3 is 9.64 Å². The lowest BCUT2D eigenvalue weighted by molar-refractivity contribution is -0.116. The molecule has 110 valence electrons. The van der Waals surface area contributed by atoms with E-state index in [1.807, 2.05) is 43.9 Å². The summed E-state index contributed by atoms with van der Waals surface area (Å²) in [6.45, 7) is 7.25. The molecule has 5 heteroatoms. The zero-order valence-electron chi connectivity index (χ0n) is 12.0. The number of amides is 1. The molecule has 20 heavy (non-hydrogen) atoms. The second kappa shape index (κ2) is 6.16. The van der Waals surface area contributed by atoms with Gasteiger partial charge in [-0.05, 0) is 38.5 Å². The van der Waals surface area contributed by atoms with Gasteiger partial charge in [0.25, 0.3) is 5.91 Å². The summed E-state index contributed by atoms with van der Waals surface area (Å²) in [6, 6.07) is 5.81. The van der Waals surface area contributed by atoms with Gasteiger partial charge in [-0.2, -0.15) is 0 Å². The molecule has 2 rings (SSSR count). The Bertz CT molecular complexity index is 517. The van der Waals surface area contributed by atoms with Crippen LogP contribution in [0.15, 0.2) is 22.7 Å². The molecule has 0 bridgehead atoms. The Balaban J connectivity index is 2.25. The molecule has 1 saturated heterocycles. The molecular formula is C15H19Br2NO2. The van der Waals surface area contributed by atoms with Crippen LogP contribution in [0.25, 0.3) is 0 Å². The Morgan fingerprint density at radius 3 is 2.85 bits per heavy atom. The summed E-state index contributed by atoms with van der Waals surface area (Å²) in [5, 5.41) is 0.734. The molecule has 0 N–H and O–H groups in total. The summed E-state index contributed by atoms with van der Waals surface area (Å²) in [6.07, 6.45) is 0.0372. The maximum absolute atomic E-state index is 12.8. The minimum absolute atomic E-state index is 0.0372. The van der Waals surface area contributed by atoms with Crippen LogP contribution in [0.5, 0.6) is 0 Å². The van der Waals surface area contributed by atoms with Gasteiger partial charge in [0.05, 0.1) is 11.7 Å². The molecule has 1 atom stereocenters. The molecule has 1 heterocycles. The monoisotopic (exact) mass is 403 g/mol. The number of alkyl halides is 1. The van der Waals surface area contributed by atoms with Crippen LogP contribution < -0.4 is 0 Å². The molecule has 0 spiro atoms. The third kappa shape index (κ3) is 3.62. The van der Waals surface area contributed by atoms with Crippen molar-refractivity contribution in [3.8, 4) is 0 Å². The van der Waals surface area contributed by atoms with Gasteiger partial charge in [0.15, 0.2) is 0 Å². The van der Waals surface area contributed by atoms with Crippen LogP contribution in [0.2, 0.25) is 0 Å². The smallest absolute Gasteiger partial charge is 0.254 e. The fraction of sp³-hybridized carbons (Fsp3) is 0.533. The summed E-state index contributed by atoms with van der Waals surface area (Å²) in [7, 11) is 0. The van der Waals surface area contributed by atoms with E-state index >= 15 is 0 Å². The van der Waals surface area contributed by atoms with Crippen molar-refractivity contribution in [2.45, 2.75) is 32.5 Å². The van der Waals surface area contributed by atoms with E-state index in [4.69, 9.17) is 4.74 Å². The SMILES string of the molecule is Cc1ccc(Br)cc1C(=O)N1CC(CBr)OC(C)(C)C1. The average Bonchev–Trinajstić information content (AvgIpc) is 2.38. The Kier molecular flexibility index (Phi) is 4.92. The maximum atomic E-state index is 12.8. The number of rotatable bonds is 2. The Labute approximate surface area is 136 Å². The third-order valence-electron chi connectivity index (χ3n) is 3.37. The van der Waals surface area contributed by atoms with E-state index in [1.165, 1.54) is 0 Å². The molecule has 0 aliphatic carbocycles. The van der Waals surface area contributed by atoms with Gasteiger partial charge in [0, 0.05) is 28.5 Å². The number of hydrogen-bond donors (Lipinski definition) is 0. The number of aryl methyl sites for hydroxylation is 1. The van der Waals surface area contributed by atoms with Gasteiger partial charge in [-0.25, -0.2) is 0 Å². The van der Waals surface area contributed by atoms with Crippen LogP contribution >= 0.6 is 31.9 Å². The summed E-state index contributed by atoms with van der Waals surface area (Å²) >= 11 is 6.88. The van der Waals surface area contributed by atoms with Crippen molar-refractivity contribution in [3.63, 3.8) is 0 Å². The molecule has 1 fully saturated rings. The first-order chi connectivity index (χ1) is 9.32. The summed E-state index contributed by atoms with van der Waals surface area (Å²) in [4.78, 5) is 14.6. The van der Waals surface area contributed by atoms with E-state index in [0.717, 1.165) is 20.9 Å². The van der Waals surface area contributed by atoms with Gasteiger partial charge in [0.1, 0.15) is 0 Å². The fourth-order valence-electron chi connectivity index (χ4n) is 2.53. The Morgan fingerprint density at radius 1 is 1.50 bits per heavy atom. The quantitative estimate of drug-likeness (QED) is 0.702. The van der Waals surface area contributed by atoms with Crippen molar-refractivity contribution in [2.75, 3.05) is 18.4 Å². The van der Waals surface area contributed by atoms with E-state index in [1.54, 1.807) is 0 Å². The van der Waals surface area contributed by atoms with Gasteiger partial charge in [-0.3, -0.25) is 4.79 Å². The molecule has 0 aromatic heterocycles. The lowest BCUT2D eigenvalue weighted by atomic mass is 10.0. The number of halogens is 2. The third-order valence-corrected chi connectivity index (χ3v) is 4.59. The number of hydrogen-bond acceptors (Lipinski definition) is 2. The molecule has 1 aliphatic rings. The summed E-state index contributed by atoms with van der Waals surface area (Å²) < 4.78 is 6.87. The largest absolute Gasteiger partial charge is 0.368 e. The highest BCUT2D eigenvalue weighted by atomic mass is 79.9. The Morgan fingerprint density at radius 2 is 2.20 bits per heavy atom. The normalized spacial score (nSPS) is 21.9. The highest BCUT2D eigenvalue weighted by Crippen LogP contribution is 2.25. The van der Waals surface area contributed by atoms with E-state index in [0.29, 0.717) is 13.1 Å². The van der Waals surface area contributed by atoms with E-state index in [-0.39, 0.29) is 17.6 Å². The average molecular weight is 405 g/mol. The van der Waals surface area contributed by atoms with Gasteiger partial charge in [0.2, 0.25) is 0 Å². The first-order valence-electron chi connectivity index (χ1n) is 6.61. The van der Waals surface area contributed by atoms with Crippen molar-refractivity contribution < 1.29 is 9.53 Å².